The van der Waals surface area contributed by atoms with Crippen LogP contribution in [0.3, 0.4) is 0 Å². The van der Waals surface area contributed by atoms with Crippen LogP contribution in [0.2, 0.25) is 0 Å². The number of rotatable bonds is 6. The first-order chi connectivity index (χ1) is 21.8. The molecule has 44 heavy (non-hydrogen) atoms. The van der Waals surface area contributed by atoms with Crippen molar-refractivity contribution in [3.05, 3.63) is 176 Å². The van der Waals surface area contributed by atoms with Crippen molar-refractivity contribution in [1.82, 2.24) is 0 Å². The van der Waals surface area contributed by atoms with E-state index < -0.39 is 0 Å². The molecule has 1 aromatic heterocycles. The molecule has 0 saturated carbocycles. The molecule has 0 radical (unpaired) electrons. The van der Waals surface area contributed by atoms with Gasteiger partial charge >= 0.3 is 0 Å². The second-order valence-electron chi connectivity index (χ2n) is 11.0. The number of anilines is 3. The first-order valence-corrected chi connectivity index (χ1v) is 14.9. The Morgan fingerprint density at radius 3 is 1.43 bits per heavy atom. The average molecular weight is 564 g/mol. The van der Waals surface area contributed by atoms with E-state index in [1.165, 1.54) is 33.4 Å². The zero-order chi connectivity index (χ0) is 29.3. The molecular weight excluding hydrogens is 534 g/mol. The average Bonchev–Trinajstić information content (AvgIpc) is 3.47. The number of furan rings is 1. The standard InChI is InChI=1S/C42H29NO/c1-4-12-30(13-5-1)32-16-10-17-33(26-32)35-22-24-41-39(28-35)40-29-38(23-25-42(40)44-41)43(36-19-8-3-9-20-36)37-21-11-18-34(27-37)31-14-6-2-7-15-31/h1-29H. The van der Waals surface area contributed by atoms with Crippen LogP contribution in [-0.4, -0.2) is 0 Å². The van der Waals surface area contributed by atoms with Crippen LogP contribution < -0.4 is 4.90 Å². The van der Waals surface area contributed by atoms with E-state index in [0.717, 1.165) is 39.0 Å². The van der Waals surface area contributed by atoms with Gasteiger partial charge in [0.2, 0.25) is 0 Å². The first-order valence-electron chi connectivity index (χ1n) is 14.9. The molecule has 8 rings (SSSR count). The Labute approximate surface area is 257 Å². The van der Waals surface area contributed by atoms with Gasteiger partial charge in [0.1, 0.15) is 11.2 Å². The maximum absolute atomic E-state index is 6.34. The van der Waals surface area contributed by atoms with Crippen LogP contribution in [-0.2, 0) is 0 Å². The van der Waals surface area contributed by atoms with Gasteiger partial charge in [-0.25, -0.2) is 0 Å². The highest BCUT2D eigenvalue weighted by atomic mass is 16.3. The lowest BCUT2D eigenvalue weighted by Crippen LogP contribution is -2.09. The molecule has 0 N–H and O–H groups in total. The number of hydrogen-bond donors (Lipinski definition) is 0. The molecule has 0 atom stereocenters. The van der Waals surface area contributed by atoms with E-state index in [1.807, 2.05) is 0 Å². The molecule has 0 aliphatic heterocycles. The predicted octanol–water partition coefficient (Wildman–Crippen LogP) is 12.1. The smallest absolute Gasteiger partial charge is 0.135 e. The Morgan fingerprint density at radius 1 is 0.295 bits per heavy atom. The van der Waals surface area contributed by atoms with Crippen molar-refractivity contribution >= 4 is 39.0 Å². The third kappa shape index (κ3) is 4.83. The fourth-order valence-electron chi connectivity index (χ4n) is 6.07. The van der Waals surface area contributed by atoms with E-state index in [-0.39, 0.29) is 0 Å². The van der Waals surface area contributed by atoms with Gasteiger partial charge < -0.3 is 9.32 Å². The van der Waals surface area contributed by atoms with Crippen molar-refractivity contribution in [3.8, 4) is 33.4 Å². The van der Waals surface area contributed by atoms with Crippen molar-refractivity contribution in [2.24, 2.45) is 0 Å². The lowest BCUT2D eigenvalue weighted by atomic mass is 9.98. The zero-order valence-corrected chi connectivity index (χ0v) is 24.1. The number of benzene rings is 7. The number of para-hydroxylation sites is 1. The molecule has 0 bridgehead atoms. The molecule has 1 heterocycles. The van der Waals surface area contributed by atoms with Crippen LogP contribution in [0.25, 0.3) is 55.3 Å². The monoisotopic (exact) mass is 563 g/mol. The van der Waals surface area contributed by atoms with Crippen molar-refractivity contribution in [2.75, 3.05) is 4.90 Å². The molecule has 208 valence electrons. The first kappa shape index (κ1) is 25.8. The molecular formula is C42H29NO. The summed E-state index contributed by atoms with van der Waals surface area (Å²) in [5, 5.41) is 2.20. The summed E-state index contributed by atoms with van der Waals surface area (Å²) in [5.74, 6) is 0. The predicted molar refractivity (Wildman–Crippen MR) is 185 cm³/mol. The largest absolute Gasteiger partial charge is 0.456 e. The van der Waals surface area contributed by atoms with Crippen LogP contribution in [0.1, 0.15) is 0 Å². The van der Waals surface area contributed by atoms with Crippen LogP contribution in [0.4, 0.5) is 17.1 Å². The molecule has 0 saturated heterocycles. The molecule has 7 aromatic carbocycles. The van der Waals surface area contributed by atoms with Crippen LogP contribution in [0, 0.1) is 0 Å². The van der Waals surface area contributed by atoms with Gasteiger partial charge in [0.25, 0.3) is 0 Å². The van der Waals surface area contributed by atoms with E-state index in [0.29, 0.717) is 0 Å². The van der Waals surface area contributed by atoms with Gasteiger partial charge in [-0.2, -0.15) is 0 Å². The molecule has 8 aromatic rings. The van der Waals surface area contributed by atoms with Gasteiger partial charge in [-0.3, -0.25) is 0 Å². The third-order valence-corrected chi connectivity index (χ3v) is 8.24. The summed E-state index contributed by atoms with van der Waals surface area (Å²) in [6, 6.07) is 62.1. The van der Waals surface area contributed by atoms with Gasteiger partial charge in [-0.05, 0) is 94.0 Å². The quantitative estimate of drug-likeness (QED) is 0.200. The molecule has 0 aliphatic rings. The summed E-state index contributed by atoms with van der Waals surface area (Å²) >= 11 is 0. The number of nitrogens with zero attached hydrogens (tertiary/aromatic N) is 1. The minimum atomic E-state index is 0.880. The summed E-state index contributed by atoms with van der Waals surface area (Å²) in [4.78, 5) is 2.32. The van der Waals surface area contributed by atoms with Gasteiger partial charge in [0.15, 0.2) is 0 Å². The van der Waals surface area contributed by atoms with E-state index >= 15 is 0 Å². The second kappa shape index (κ2) is 11.1. The molecule has 0 fully saturated rings. The van der Waals surface area contributed by atoms with Crippen LogP contribution >= 0.6 is 0 Å². The summed E-state index contributed by atoms with van der Waals surface area (Å²) in [7, 11) is 0. The van der Waals surface area contributed by atoms with Crippen molar-refractivity contribution in [2.45, 2.75) is 0 Å². The maximum atomic E-state index is 6.34. The summed E-state index contributed by atoms with van der Waals surface area (Å²) in [5.41, 5.74) is 12.2. The fourth-order valence-corrected chi connectivity index (χ4v) is 6.07. The van der Waals surface area contributed by atoms with Gasteiger partial charge in [0.05, 0.1) is 0 Å². The number of fused-ring (bicyclic) bond motifs is 3. The maximum Gasteiger partial charge on any atom is 0.135 e. The Kier molecular flexibility index (Phi) is 6.51. The lowest BCUT2D eigenvalue weighted by molar-refractivity contribution is 0.669. The minimum absolute atomic E-state index is 0.880. The molecule has 2 heteroatoms. The summed E-state index contributed by atoms with van der Waals surface area (Å²) in [6.45, 7) is 0. The SMILES string of the molecule is c1ccc(-c2cccc(-c3ccc4oc5ccc(N(c6ccccc6)c6cccc(-c7ccccc7)c6)cc5c4c3)c2)cc1. The Hall–Kier alpha value is -5.86. The summed E-state index contributed by atoms with van der Waals surface area (Å²) < 4.78 is 6.34. The van der Waals surface area contributed by atoms with E-state index in [1.54, 1.807) is 0 Å². The molecule has 0 spiro atoms. The van der Waals surface area contributed by atoms with Crippen molar-refractivity contribution in [3.63, 3.8) is 0 Å². The van der Waals surface area contributed by atoms with E-state index in [9.17, 15) is 0 Å². The van der Waals surface area contributed by atoms with Gasteiger partial charge in [-0.15, -0.1) is 0 Å². The normalized spacial score (nSPS) is 11.2. The Bertz CT molecular complexity index is 2220. The minimum Gasteiger partial charge on any atom is -0.456 e. The van der Waals surface area contributed by atoms with E-state index in [4.69, 9.17) is 4.42 Å². The molecule has 0 aliphatic carbocycles. The topological polar surface area (TPSA) is 16.4 Å². The van der Waals surface area contributed by atoms with Crippen LogP contribution in [0.15, 0.2) is 180 Å². The summed E-state index contributed by atoms with van der Waals surface area (Å²) in [6.07, 6.45) is 0. The lowest BCUT2D eigenvalue weighted by Gasteiger charge is -2.26. The van der Waals surface area contributed by atoms with Crippen molar-refractivity contribution < 1.29 is 4.42 Å². The highest BCUT2D eigenvalue weighted by Gasteiger charge is 2.16. The zero-order valence-electron chi connectivity index (χ0n) is 24.1. The number of hydrogen-bond acceptors (Lipinski definition) is 2. The molecule has 2 nitrogen and oxygen atoms in total. The highest BCUT2D eigenvalue weighted by molar-refractivity contribution is 6.08. The Morgan fingerprint density at radius 2 is 0.750 bits per heavy atom. The van der Waals surface area contributed by atoms with Gasteiger partial charge in [-0.1, -0.05) is 115 Å². The molecule has 0 unspecified atom stereocenters. The molecule has 0 amide bonds. The van der Waals surface area contributed by atoms with Gasteiger partial charge in [0, 0.05) is 27.8 Å². The fraction of sp³-hybridized carbons (Fsp3) is 0. The third-order valence-electron chi connectivity index (χ3n) is 8.24. The van der Waals surface area contributed by atoms with Crippen molar-refractivity contribution in [1.29, 1.82) is 0 Å². The highest BCUT2D eigenvalue weighted by Crippen LogP contribution is 2.40. The van der Waals surface area contributed by atoms with E-state index in [2.05, 4.69) is 181 Å². The second-order valence-corrected chi connectivity index (χ2v) is 11.0. The Balaban J connectivity index is 1.25. The van der Waals surface area contributed by atoms with Crippen LogP contribution in [0.5, 0.6) is 0 Å².